The van der Waals surface area contributed by atoms with Crippen molar-refractivity contribution in [1.29, 1.82) is 0 Å². The molecule has 0 bridgehead atoms. The maximum atomic E-state index is 11.5. The molecule has 0 aliphatic heterocycles. The number of amides is 1. The van der Waals surface area contributed by atoms with Crippen molar-refractivity contribution in [3.8, 4) is 0 Å². The van der Waals surface area contributed by atoms with Gasteiger partial charge in [0.05, 0.1) is 0 Å². The quantitative estimate of drug-likeness (QED) is 0.877. The minimum atomic E-state index is 0.0598. The van der Waals surface area contributed by atoms with Crippen LogP contribution in [0.15, 0.2) is 22.7 Å². The van der Waals surface area contributed by atoms with Crippen molar-refractivity contribution in [2.45, 2.75) is 39.3 Å². The largest absolute Gasteiger partial charge is 0.352 e. The molecule has 3 N–H and O–H groups in total. The van der Waals surface area contributed by atoms with Gasteiger partial charge in [0.2, 0.25) is 5.91 Å². The Balaban J connectivity index is 2.42. The smallest absolute Gasteiger partial charge is 0.220 e. The summed E-state index contributed by atoms with van der Waals surface area (Å²) in [6.45, 7) is 4.53. The van der Waals surface area contributed by atoms with E-state index in [1.807, 2.05) is 32.0 Å². The van der Waals surface area contributed by atoms with Crippen LogP contribution in [-0.4, -0.2) is 11.9 Å². The van der Waals surface area contributed by atoms with E-state index in [1.165, 1.54) is 5.56 Å². The lowest BCUT2D eigenvalue weighted by Crippen LogP contribution is -2.25. The van der Waals surface area contributed by atoms with Gasteiger partial charge >= 0.3 is 0 Å². The normalized spacial score (nSPS) is 12.2. The Hall–Kier alpha value is -0.870. The number of carbonyl (C=O) groups excluding carboxylic acids is 1. The van der Waals surface area contributed by atoms with Crippen molar-refractivity contribution >= 4 is 21.8 Å². The second kappa shape index (κ2) is 6.77. The van der Waals surface area contributed by atoms with Crippen LogP contribution in [0.5, 0.6) is 0 Å². The van der Waals surface area contributed by atoms with Crippen LogP contribution >= 0.6 is 15.9 Å². The number of carbonyl (C=O) groups is 1. The van der Waals surface area contributed by atoms with Crippen molar-refractivity contribution in [3.05, 3.63) is 33.8 Å². The van der Waals surface area contributed by atoms with Crippen LogP contribution in [0.4, 0.5) is 0 Å². The van der Waals surface area contributed by atoms with Crippen molar-refractivity contribution in [1.82, 2.24) is 5.32 Å². The molecule has 0 saturated carbocycles. The summed E-state index contributed by atoms with van der Waals surface area (Å²) in [7, 11) is 0. The summed E-state index contributed by atoms with van der Waals surface area (Å²) in [5, 5.41) is 2.90. The minimum Gasteiger partial charge on any atom is -0.352 e. The highest BCUT2D eigenvalue weighted by Crippen LogP contribution is 2.15. The van der Waals surface area contributed by atoms with Crippen molar-refractivity contribution < 1.29 is 4.79 Å². The standard InChI is InChI=1S/C13H19BrN2O/c1-9-7-12(14)5-4-11(9)8-16-13(17)6-3-10(2)15/h4-5,7,10H,3,6,8,15H2,1-2H3,(H,16,17). The van der Waals surface area contributed by atoms with Crippen LogP contribution in [0.25, 0.3) is 0 Å². The highest BCUT2D eigenvalue weighted by Gasteiger charge is 2.04. The van der Waals surface area contributed by atoms with E-state index in [0.717, 1.165) is 16.5 Å². The lowest BCUT2D eigenvalue weighted by atomic mass is 10.1. The Morgan fingerprint density at radius 2 is 2.24 bits per heavy atom. The molecule has 0 aromatic heterocycles. The van der Waals surface area contributed by atoms with Crippen LogP contribution in [0.2, 0.25) is 0 Å². The maximum Gasteiger partial charge on any atom is 0.220 e. The van der Waals surface area contributed by atoms with Gasteiger partial charge in [0.1, 0.15) is 0 Å². The Morgan fingerprint density at radius 3 is 2.82 bits per heavy atom. The average molecular weight is 299 g/mol. The number of hydrogen-bond acceptors (Lipinski definition) is 2. The highest BCUT2D eigenvalue weighted by molar-refractivity contribution is 9.10. The molecule has 1 atom stereocenters. The second-order valence-electron chi connectivity index (χ2n) is 4.36. The predicted octanol–water partition coefficient (Wildman–Crippen LogP) is 2.50. The lowest BCUT2D eigenvalue weighted by molar-refractivity contribution is -0.121. The predicted molar refractivity (Wildman–Crippen MR) is 73.6 cm³/mol. The minimum absolute atomic E-state index is 0.0598. The molecule has 0 aliphatic rings. The first-order valence-electron chi connectivity index (χ1n) is 5.76. The van der Waals surface area contributed by atoms with Gasteiger partial charge in [0, 0.05) is 23.5 Å². The van der Waals surface area contributed by atoms with Crippen LogP contribution in [0, 0.1) is 6.92 Å². The van der Waals surface area contributed by atoms with Gasteiger partial charge < -0.3 is 11.1 Å². The topological polar surface area (TPSA) is 55.1 Å². The molecule has 0 aliphatic carbocycles. The number of hydrogen-bond donors (Lipinski definition) is 2. The molecule has 0 spiro atoms. The SMILES string of the molecule is Cc1cc(Br)ccc1CNC(=O)CCC(C)N. The molecular weight excluding hydrogens is 280 g/mol. The zero-order chi connectivity index (χ0) is 12.8. The van der Waals surface area contributed by atoms with Gasteiger partial charge in [-0.05, 0) is 43.5 Å². The van der Waals surface area contributed by atoms with E-state index in [4.69, 9.17) is 5.73 Å². The van der Waals surface area contributed by atoms with Crippen molar-refractivity contribution in [3.63, 3.8) is 0 Å². The number of benzene rings is 1. The summed E-state index contributed by atoms with van der Waals surface area (Å²) in [5.74, 6) is 0.0598. The number of nitrogens with two attached hydrogens (primary N) is 1. The van der Waals surface area contributed by atoms with Gasteiger partial charge in [-0.2, -0.15) is 0 Å². The fourth-order valence-corrected chi connectivity index (χ4v) is 1.97. The number of nitrogens with one attached hydrogen (secondary N) is 1. The molecule has 1 aromatic rings. The monoisotopic (exact) mass is 298 g/mol. The van der Waals surface area contributed by atoms with Gasteiger partial charge in [-0.3, -0.25) is 4.79 Å². The summed E-state index contributed by atoms with van der Waals surface area (Å²) >= 11 is 3.42. The zero-order valence-electron chi connectivity index (χ0n) is 10.3. The molecule has 3 nitrogen and oxygen atoms in total. The summed E-state index contributed by atoms with van der Waals surface area (Å²) in [6, 6.07) is 6.13. The van der Waals surface area contributed by atoms with Gasteiger partial charge in [-0.15, -0.1) is 0 Å². The van der Waals surface area contributed by atoms with Crippen molar-refractivity contribution in [2.24, 2.45) is 5.73 Å². The maximum absolute atomic E-state index is 11.5. The van der Waals surface area contributed by atoms with E-state index in [2.05, 4.69) is 21.2 Å². The Morgan fingerprint density at radius 1 is 1.53 bits per heavy atom. The first-order valence-corrected chi connectivity index (χ1v) is 6.55. The number of aryl methyl sites for hydroxylation is 1. The number of rotatable bonds is 5. The van der Waals surface area contributed by atoms with E-state index in [0.29, 0.717) is 13.0 Å². The fourth-order valence-electron chi connectivity index (χ4n) is 1.50. The molecule has 0 fully saturated rings. The molecule has 1 aromatic carbocycles. The summed E-state index contributed by atoms with van der Waals surface area (Å²) in [4.78, 5) is 11.5. The van der Waals surface area contributed by atoms with E-state index >= 15 is 0 Å². The van der Waals surface area contributed by atoms with E-state index < -0.39 is 0 Å². The molecule has 17 heavy (non-hydrogen) atoms. The van der Waals surface area contributed by atoms with Crippen LogP contribution in [0.3, 0.4) is 0 Å². The van der Waals surface area contributed by atoms with Gasteiger partial charge in [0.25, 0.3) is 0 Å². The van der Waals surface area contributed by atoms with E-state index in [-0.39, 0.29) is 11.9 Å². The summed E-state index contributed by atoms with van der Waals surface area (Å²) in [5.41, 5.74) is 7.92. The Labute approximate surface area is 111 Å². The molecule has 4 heteroatoms. The van der Waals surface area contributed by atoms with E-state index in [9.17, 15) is 4.79 Å². The van der Waals surface area contributed by atoms with E-state index in [1.54, 1.807) is 0 Å². The highest BCUT2D eigenvalue weighted by atomic mass is 79.9. The second-order valence-corrected chi connectivity index (χ2v) is 5.28. The van der Waals surface area contributed by atoms with Gasteiger partial charge in [-0.1, -0.05) is 22.0 Å². The first kappa shape index (κ1) is 14.2. The molecule has 0 heterocycles. The third kappa shape index (κ3) is 5.33. The Bertz CT molecular complexity index is 391. The molecular formula is C13H19BrN2O. The number of halogens is 1. The molecule has 1 unspecified atom stereocenters. The fraction of sp³-hybridized carbons (Fsp3) is 0.462. The molecule has 1 amide bonds. The molecule has 1 rings (SSSR count). The molecule has 0 radical (unpaired) electrons. The third-order valence-electron chi connectivity index (χ3n) is 2.61. The summed E-state index contributed by atoms with van der Waals surface area (Å²) in [6.07, 6.45) is 1.22. The van der Waals surface area contributed by atoms with Crippen LogP contribution in [-0.2, 0) is 11.3 Å². The zero-order valence-corrected chi connectivity index (χ0v) is 11.9. The van der Waals surface area contributed by atoms with Gasteiger partial charge in [0.15, 0.2) is 0 Å². The molecule has 94 valence electrons. The molecule has 0 saturated heterocycles. The lowest BCUT2D eigenvalue weighted by Gasteiger charge is -2.09. The third-order valence-corrected chi connectivity index (χ3v) is 3.10. The van der Waals surface area contributed by atoms with Crippen LogP contribution in [0.1, 0.15) is 30.9 Å². The van der Waals surface area contributed by atoms with Crippen LogP contribution < -0.4 is 11.1 Å². The first-order chi connectivity index (χ1) is 7.99. The Kier molecular flexibility index (Phi) is 5.65. The summed E-state index contributed by atoms with van der Waals surface area (Å²) < 4.78 is 1.06. The average Bonchev–Trinajstić information content (AvgIpc) is 2.25. The van der Waals surface area contributed by atoms with Gasteiger partial charge in [-0.25, -0.2) is 0 Å². The van der Waals surface area contributed by atoms with Crippen molar-refractivity contribution in [2.75, 3.05) is 0 Å².